The zero-order valence-electron chi connectivity index (χ0n) is 13.9. The molecule has 0 aliphatic carbocycles. The molecule has 3 N–H and O–H groups in total. The van der Waals surface area contributed by atoms with Gasteiger partial charge in [0.15, 0.2) is 11.6 Å². The van der Waals surface area contributed by atoms with Gasteiger partial charge in [-0.3, -0.25) is 0 Å². The van der Waals surface area contributed by atoms with E-state index in [-0.39, 0.29) is 0 Å². The van der Waals surface area contributed by atoms with E-state index in [0.29, 0.717) is 18.1 Å². The van der Waals surface area contributed by atoms with Crippen LogP contribution in [0.1, 0.15) is 12.5 Å². The van der Waals surface area contributed by atoms with Gasteiger partial charge in [-0.05, 0) is 24.2 Å². The molecule has 0 unspecified atom stereocenters. The normalized spacial score (nSPS) is 15.5. The first-order valence-corrected chi connectivity index (χ1v) is 8.61. The molecule has 1 aliphatic heterocycles. The molecule has 0 radical (unpaired) electrons. The zero-order chi connectivity index (χ0) is 16.9. The summed E-state index contributed by atoms with van der Waals surface area (Å²) >= 11 is 5.91. The molecule has 3 rings (SSSR count). The SMILES string of the molecule is CCN1CCN(c2ncnc(NCc3ccc(Cl)cc3)c2N)CC1. The number of piperazine rings is 1. The van der Waals surface area contributed by atoms with Gasteiger partial charge >= 0.3 is 0 Å². The van der Waals surface area contributed by atoms with Crippen molar-refractivity contribution in [3.05, 3.63) is 41.2 Å². The third-order valence-electron chi connectivity index (χ3n) is 4.36. The first kappa shape index (κ1) is 16.8. The van der Waals surface area contributed by atoms with Crippen LogP contribution in [0.5, 0.6) is 0 Å². The van der Waals surface area contributed by atoms with Crippen molar-refractivity contribution in [3.8, 4) is 0 Å². The smallest absolute Gasteiger partial charge is 0.157 e. The van der Waals surface area contributed by atoms with E-state index in [4.69, 9.17) is 17.3 Å². The summed E-state index contributed by atoms with van der Waals surface area (Å²) in [4.78, 5) is 13.3. The molecule has 0 spiro atoms. The van der Waals surface area contributed by atoms with Crippen molar-refractivity contribution in [2.75, 3.05) is 48.7 Å². The molecule has 128 valence electrons. The van der Waals surface area contributed by atoms with E-state index in [1.807, 2.05) is 24.3 Å². The summed E-state index contributed by atoms with van der Waals surface area (Å²) in [5.41, 5.74) is 8.03. The summed E-state index contributed by atoms with van der Waals surface area (Å²) in [7, 11) is 0. The molecule has 6 nitrogen and oxygen atoms in total. The Kier molecular flexibility index (Phi) is 5.37. The predicted molar refractivity (Wildman–Crippen MR) is 99.6 cm³/mol. The van der Waals surface area contributed by atoms with Crippen molar-refractivity contribution in [3.63, 3.8) is 0 Å². The van der Waals surface area contributed by atoms with E-state index < -0.39 is 0 Å². The van der Waals surface area contributed by atoms with Crippen LogP contribution in [-0.2, 0) is 6.54 Å². The van der Waals surface area contributed by atoms with Gasteiger partial charge in [0.25, 0.3) is 0 Å². The van der Waals surface area contributed by atoms with Gasteiger partial charge in [-0.25, -0.2) is 9.97 Å². The Bertz CT molecular complexity index is 667. The second-order valence-corrected chi connectivity index (χ2v) is 6.30. The number of hydrogen-bond donors (Lipinski definition) is 2. The van der Waals surface area contributed by atoms with Gasteiger partial charge < -0.3 is 20.9 Å². The van der Waals surface area contributed by atoms with Crippen LogP contribution < -0.4 is 16.0 Å². The number of nitrogens with zero attached hydrogens (tertiary/aromatic N) is 4. The Morgan fingerprint density at radius 1 is 1.12 bits per heavy atom. The summed E-state index contributed by atoms with van der Waals surface area (Å²) in [6.45, 7) is 7.86. The lowest BCUT2D eigenvalue weighted by molar-refractivity contribution is 0.270. The number of likely N-dealkylation sites (N-methyl/N-ethyl adjacent to an activating group) is 1. The molecule has 1 aliphatic rings. The number of aromatic nitrogens is 2. The third kappa shape index (κ3) is 3.88. The summed E-state index contributed by atoms with van der Waals surface area (Å²) in [5.74, 6) is 1.49. The number of halogens is 1. The summed E-state index contributed by atoms with van der Waals surface area (Å²) < 4.78 is 0. The maximum absolute atomic E-state index is 6.31. The van der Waals surface area contributed by atoms with Crippen LogP contribution in [0, 0.1) is 0 Å². The monoisotopic (exact) mass is 346 g/mol. The molecule has 1 saturated heterocycles. The standard InChI is InChI=1S/C17H23ClN6/c1-2-23-7-9-24(10-8-23)17-15(19)16(21-12-22-17)20-11-13-3-5-14(18)6-4-13/h3-6,12H,2,7-11,19H2,1H3,(H,20,21,22). The lowest BCUT2D eigenvalue weighted by atomic mass is 10.2. The number of benzene rings is 1. The second-order valence-electron chi connectivity index (χ2n) is 5.86. The molecular weight excluding hydrogens is 324 g/mol. The third-order valence-corrected chi connectivity index (χ3v) is 4.61. The highest BCUT2D eigenvalue weighted by Crippen LogP contribution is 2.27. The highest BCUT2D eigenvalue weighted by Gasteiger charge is 2.20. The largest absolute Gasteiger partial charge is 0.393 e. The van der Waals surface area contributed by atoms with Crippen LogP contribution >= 0.6 is 11.6 Å². The van der Waals surface area contributed by atoms with Gasteiger partial charge in [0.05, 0.1) is 0 Å². The molecule has 7 heteroatoms. The van der Waals surface area contributed by atoms with Gasteiger partial charge in [0.2, 0.25) is 0 Å². The average molecular weight is 347 g/mol. The lowest BCUT2D eigenvalue weighted by Gasteiger charge is -2.35. The van der Waals surface area contributed by atoms with Crippen LogP contribution in [-0.4, -0.2) is 47.6 Å². The second kappa shape index (κ2) is 7.68. The number of hydrogen-bond acceptors (Lipinski definition) is 6. The molecule has 2 aromatic rings. The molecule has 2 heterocycles. The van der Waals surface area contributed by atoms with Crippen molar-refractivity contribution >= 4 is 28.9 Å². The molecule has 0 bridgehead atoms. The molecule has 0 saturated carbocycles. The zero-order valence-corrected chi connectivity index (χ0v) is 14.6. The van der Waals surface area contributed by atoms with Crippen LogP contribution in [0.2, 0.25) is 5.02 Å². The molecule has 0 amide bonds. The number of nitrogens with two attached hydrogens (primary N) is 1. The minimum atomic E-state index is 0.608. The van der Waals surface area contributed by atoms with Crippen molar-refractivity contribution in [1.82, 2.24) is 14.9 Å². The highest BCUT2D eigenvalue weighted by molar-refractivity contribution is 6.30. The summed E-state index contributed by atoms with van der Waals surface area (Å²) in [6.07, 6.45) is 1.57. The van der Waals surface area contributed by atoms with Crippen molar-refractivity contribution in [1.29, 1.82) is 0 Å². The molecular formula is C17H23ClN6. The van der Waals surface area contributed by atoms with Crippen LogP contribution in [0.25, 0.3) is 0 Å². The molecule has 1 fully saturated rings. The lowest BCUT2D eigenvalue weighted by Crippen LogP contribution is -2.46. The van der Waals surface area contributed by atoms with E-state index in [1.165, 1.54) is 0 Å². The van der Waals surface area contributed by atoms with Crippen LogP contribution in [0.15, 0.2) is 30.6 Å². The van der Waals surface area contributed by atoms with Gasteiger partial charge in [-0.15, -0.1) is 0 Å². The molecule has 1 aromatic heterocycles. The maximum Gasteiger partial charge on any atom is 0.157 e. The maximum atomic E-state index is 6.31. The van der Waals surface area contributed by atoms with Crippen LogP contribution in [0.4, 0.5) is 17.3 Å². The summed E-state index contributed by atoms with van der Waals surface area (Å²) in [6, 6.07) is 7.72. The fraction of sp³-hybridized carbons (Fsp3) is 0.412. The first-order valence-electron chi connectivity index (χ1n) is 8.23. The predicted octanol–water partition coefficient (Wildman–Crippen LogP) is 2.47. The highest BCUT2D eigenvalue weighted by atomic mass is 35.5. The number of nitrogens with one attached hydrogen (secondary N) is 1. The fourth-order valence-corrected chi connectivity index (χ4v) is 2.97. The minimum absolute atomic E-state index is 0.608. The topological polar surface area (TPSA) is 70.3 Å². The number of nitrogen functional groups attached to an aromatic ring is 1. The number of rotatable bonds is 5. The average Bonchev–Trinajstić information content (AvgIpc) is 2.62. The summed E-state index contributed by atoms with van der Waals surface area (Å²) in [5, 5.41) is 4.02. The van der Waals surface area contributed by atoms with E-state index in [2.05, 4.69) is 32.0 Å². The van der Waals surface area contributed by atoms with Gasteiger partial charge in [0, 0.05) is 37.7 Å². The van der Waals surface area contributed by atoms with E-state index in [9.17, 15) is 0 Å². The Balaban J connectivity index is 1.68. The first-order chi connectivity index (χ1) is 11.7. The van der Waals surface area contributed by atoms with Crippen molar-refractivity contribution < 1.29 is 0 Å². The van der Waals surface area contributed by atoms with E-state index in [1.54, 1.807) is 6.33 Å². The molecule has 1 aromatic carbocycles. The van der Waals surface area contributed by atoms with Crippen LogP contribution in [0.3, 0.4) is 0 Å². The number of anilines is 3. The molecule has 0 atom stereocenters. The molecule has 24 heavy (non-hydrogen) atoms. The Morgan fingerprint density at radius 2 is 1.83 bits per heavy atom. The van der Waals surface area contributed by atoms with Crippen molar-refractivity contribution in [2.45, 2.75) is 13.5 Å². The fourth-order valence-electron chi connectivity index (χ4n) is 2.84. The Hall–Kier alpha value is -2.05. The quantitative estimate of drug-likeness (QED) is 0.866. The van der Waals surface area contributed by atoms with E-state index >= 15 is 0 Å². The van der Waals surface area contributed by atoms with Gasteiger partial charge in [-0.1, -0.05) is 30.7 Å². The minimum Gasteiger partial charge on any atom is -0.393 e. The Labute approximate surface area is 147 Å². The van der Waals surface area contributed by atoms with Crippen molar-refractivity contribution in [2.24, 2.45) is 0 Å². The van der Waals surface area contributed by atoms with Gasteiger partial charge in [-0.2, -0.15) is 0 Å². The van der Waals surface area contributed by atoms with E-state index in [0.717, 1.165) is 49.1 Å². The Morgan fingerprint density at radius 3 is 2.50 bits per heavy atom. The van der Waals surface area contributed by atoms with Gasteiger partial charge in [0.1, 0.15) is 12.0 Å².